The predicted molar refractivity (Wildman–Crippen MR) is 144 cm³/mol. The Morgan fingerprint density at radius 1 is 1.13 bits per heavy atom. The first-order valence-corrected chi connectivity index (χ1v) is 14.6. The van der Waals surface area contributed by atoms with Crippen LogP contribution in [0.3, 0.4) is 0 Å². The Hall–Kier alpha value is -3.62. The van der Waals surface area contributed by atoms with Crippen molar-refractivity contribution in [2.75, 3.05) is 39.2 Å². The van der Waals surface area contributed by atoms with Gasteiger partial charge in [-0.05, 0) is 31.0 Å². The molecule has 14 heteroatoms. The summed E-state index contributed by atoms with van der Waals surface area (Å²) in [6.45, 7) is 0.759. The number of nitrogens with one attached hydrogen (secondary N) is 1. The number of amides is 2. The number of hydrogen-bond acceptors (Lipinski definition) is 11. The van der Waals surface area contributed by atoms with Gasteiger partial charge in [0.2, 0.25) is 5.88 Å². The molecule has 39 heavy (non-hydrogen) atoms. The van der Waals surface area contributed by atoms with E-state index in [1.807, 2.05) is 0 Å². The van der Waals surface area contributed by atoms with Gasteiger partial charge in [0.1, 0.15) is 10.3 Å². The number of benzene rings is 1. The van der Waals surface area contributed by atoms with Crippen molar-refractivity contribution in [3.63, 3.8) is 0 Å². The van der Waals surface area contributed by atoms with Crippen LogP contribution in [-0.4, -0.2) is 86.1 Å². The predicted octanol–water partition coefficient (Wildman–Crippen LogP) is 2.24. The Morgan fingerprint density at radius 2 is 1.90 bits per heavy atom. The summed E-state index contributed by atoms with van der Waals surface area (Å²) in [7, 11) is -0.101. The van der Waals surface area contributed by atoms with Gasteiger partial charge in [0.15, 0.2) is 33.4 Å². The first-order chi connectivity index (χ1) is 18.7. The van der Waals surface area contributed by atoms with Crippen molar-refractivity contribution in [3.8, 4) is 5.88 Å². The van der Waals surface area contributed by atoms with E-state index in [0.717, 1.165) is 11.3 Å². The molecule has 0 unspecified atom stereocenters. The highest BCUT2D eigenvalue weighted by molar-refractivity contribution is 7.92. The van der Waals surface area contributed by atoms with E-state index in [1.54, 1.807) is 38.4 Å². The monoisotopic (exact) mass is 573 g/mol. The fraction of sp³-hybridized carbons (Fsp3) is 0.400. The van der Waals surface area contributed by atoms with Gasteiger partial charge in [-0.3, -0.25) is 14.9 Å². The molecule has 0 radical (unpaired) electrons. The zero-order valence-corrected chi connectivity index (χ0v) is 23.0. The van der Waals surface area contributed by atoms with E-state index in [2.05, 4.69) is 20.4 Å². The summed E-state index contributed by atoms with van der Waals surface area (Å²) < 4.78 is 35.9. The third kappa shape index (κ3) is 6.34. The largest absolute Gasteiger partial charge is 0.468 e. The number of hydrogen-bond donors (Lipinski definition) is 1. The normalized spacial score (nSPS) is 17.7. The SMILES string of the molecule is CN(C)C(=O)COc1ccc2nc(NC(=O)/C(=N/O[C@@H]3CCOC3)c3ccc(S(=O)(=O)C4CC4)cc3)sc2n1. The van der Waals surface area contributed by atoms with Crippen LogP contribution in [0.4, 0.5) is 5.13 Å². The van der Waals surface area contributed by atoms with Crippen LogP contribution in [0, 0.1) is 0 Å². The highest BCUT2D eigenvalue weighted by atomic mass is 32.2. The lowest BCUT2D eigenvalue weighted by atomic mass is 10.1. The fourth-order valence-corrected chi connectivity index (χ4v) is 6.16. The molecule has 3 heterocycles. The molecule has 0 bridgehead atoms. The van der Waals surface area contributed by atoms with Crippen LogP contribution in [0.1, 0.15) is 24.8 Å². The number of carbonyl (C=O) groups excluding carboxylic acids is 2. The van der Waals surface area contributed by atoms with Crippen LogP contribution in [0.5, 0.6) is 5.88 Å². The van der Waals surface area contributed by atoms with Crippen LogP contribution in [-0.2, 0) is 29.0 Å². The van der Waals surface area contributed by atoms with Crippen molar-refractivity contribution in [2.45, 2.75) is 35.5 Å². The average Bonchev–Trinajstić information content (AvgIpc) is 3.52. The van der Waals surface area contributed by atoms with Gasteiger partial charge in [0.25, 0.3) is 11.8 Å². The highest BCUT2D eigenvalue weighted by Gasteiger charge is 2.36. The van der Waals surface area contributed by atoms with Gasteiger partial charge in [-0.2, -0.15) is 0 Å². The topological polar surface area (TPSA) is 149 Å². The molecule has 2 aromatic heterocycles. The maximum atomic E-state index is 13.3. The minimum Gasteiger partial charge on any atom is -0.468 e. The summed E-state index contributed by atoms with van der Waals surface area (Å²) in [6.07, 6.45) is 1.68. The first-order valence-electron chi connectivity index (χ1n) is 12.3. The first kappa shape index (κ1) is 27.0. The molecule has 2 fully saturated rings. The fourth-order valence-electron chi connectivity index (χ4n) is 3.68. The van der Waals surface area contributed by atoms with Crippen molar-refractivity contribution in [2.24, 2.45) is 5.16 Å². The summed E-state index contributed by atoms with van der Waals surface area (Å²) in [5.41, 5.74) is 0.895. The van der Waals surface area contributed by atoms with E-state index < -0.39 is 15.7 Å². The van der Waals surface area contributed by atoms with E-state index in [4.69, 9.17) is 14.3 Å². The summed E-state index contributed by atoms with van der Waals surface area (Å²) >= 11 is 1.13. The lowest BCUT2D eigenvalue weighted by Gasteiger charge is -2.10. The molecule has 1 aliphatic carbocycles. The number of likely N-dealkylation sites (N-methyl/N-ethyl adjacent to an activating group) is 1. The molecule has 1 saturated carbocycles. The number of fused-ring (bicyclic) bond motifs is 1. The number of anilines is 1. The molecule has 0 spiro atoms. The van der Waals surface area contributed by atoms with Crippen molar-refractivity contribution in [1.82, 2.24) is 14.9 Å². The Labute approximate surface area is 228 Å². The molecule has 1 aliphatic heterocycles. The Bertz CT molecular complexity index is 1510. The summed E-state index contributed by atoms with van der Waals surface area (Å²) in [5, 5.41) is 6.78. The smallest absolute Gasteiger partial charge is 0.280 e. The van der Waals surface area contributed by atoms with Crippen LogP contribution < -0.4 is 10.1 Å². The van der Waals surface area contributed by atoms with E-state index in [9.17, 15) is 18.0 Å². The second kappa shape index (κ2) is 11.2. The number of thiazole rings is 1. The van der Waals surface area contributed by atoms with E-state index >= 15 is 0 Å². The minimum absolute atomic E-state index is 0.0318. The second-order valence-corrected chi connectivity index (χ2v) is 12.5. The number of sulfone groups is 1. The van der Waals surface area contributed by atoms with E-state index in [-0.39, 0.29) is 45.5 Å². The van der Waals surface area contributed by atoms with Crippen molar-refractivity contribution < 1.29 is 32.3 Å². The lowest BCUT2D eigenvalue weighted by molar-refractivity contribution is -0.130. The summed E-state index contributed by atoms with van der Waals surface area (Å²) in [6, 6.07) is 9.32. The zero-order valence-electron chi connectivity index (χ0n) is 21.3. The molecular weight excluding hydrogens is 546 g/mol. The van der Waals surface area contributed by atoms with Crippen LogP contribution >= 0.6 is 11.3 Å². The molecular formula is C25H27N5O7S2. The standard InChI is InChI=1S/C25H27N5O7S2/c1-30(2)21(31)14-36-20-10-9-19-24(27-20)38-25(26-19)28-23(32)22(29-37-16-11-12-35-13-16)15-3-5-17(6-4-15)39(33,34)18-7-8-18/h3-6,9-10,16,18H,7-8,11-14H2,1-2H3,(H,26,28,32)/b29-22+/t16-/m1/s1. The Balaban J connectivity index is 1.34. The van der Waals surface area contributed by atoms with Crippen LogP contribution in [0.25, 0.3) is 10.3 Å². The lowest BCUT2D eigenvalue weighted by Crippen LogP contribution is -2.27. The zero-order chi connectivity index (χ0) is 27.6. The Morgan fingerprint density at radius 3 is 2.56 bits per heavy atom. The molecule has 206 valence electrons. The number of rotatable bonds is 10. The molecule has 1 saturated heterocycles. The minimum atomic E-state index is -3.37. The third-order valence-electron chi connectivity index (χ3n) is 6.11. The van der Waals surface area contributed by atoms with E-state index in [1.165, 1.54) is 17.0 Å². The molecule has 12 nitrogen and oxygen atoms in total. The summed E-state index contributed by atoms with van der Waals surface area (Å²) in [4.78, 5) is 41.6. The number of carbonyl (C=O) groups is 2. The van der Waals surface area contributed by atoms with Gasteiger partial charge in [0.05, 0.1) is 23.4 Å². The molecule has 1 atom stereocenters. The van der Waals surface area contributed by atoms with Gasteiger partial charge in [-0.25, -0.2) is 18.4 Å². The number of ether oxygens (including phenoxy) is 2. The maximum Gasteiger partial charge on any atom is 0.280 e. The van der Waals surface area contributed by atoms with Gasteiger partial charge in [0, 0.05) is 32.1 Å². The van der Waals surface area contributed by atoms with Crippen molar-refractivity contribution in [3.05, 3.63) is 42.0 Å². The molecule has 5 rings (SSSR count). The quantitative estimate of drug-likeness (QED) is 0.285. The summed E-state index contributed by atoms with van der Waals surface area (Å²) in [5.74, 6) is -0.528. The van der Waals surface area contributed by atoms with Crippen molar-refractivity contribution in [1.29, 1.82) is 0 Å². The number of oxime groups is 1. The average molecular weight is 574 g/mol. The molecule has 2 aliphatic rings. The molecule has 2 amide bonds. The van der Waals surface area contributed by atoms with Gasteiger partial charge in [-0.1, -0.05) is 28.6 Å². The van der Waals surface area contributed by atoms with Crippen LogP contribution in [0.15, 0.2) is 46.4 Å². The number of aromatic nitrogens is 2. The van der Waals surface area contributed by atoms with Crippen LogP contribution in [0.2, 0.25) is 0 Å². The molecule has 1 aromatic carbocycles. The molecule has 1 N–H and O–H groups in total. The maximum absolute atomic E-state index is 13.3. The van der Waals surface area contributed by atoms with Crippen molar-refractivity contribution >= 4 is 54.2 Å². The third-order valence-corrected chi connectivity index (χ3v) is 9.27. The number of pyridine rings is 1. The highest BCUT2D eigenvalue weighted by Crippen LogP contribution is 2.33. The Kier molecular flexibility index (Phi) is 7.77. The van der Waals surface area contributed by atoms with Gasteiger partial charge in [-0.15, -0.1) is 0 Å². The van der Waals surface area contributed by atoms with E-state index in [0.29, 0.717) is 48.4 Å². The second-order valence-electron chi connectivity index (χ2n) is 9.32. The number of nitrogens with zero attached hydrogens (tertiary/aromatic N) is 4. The van der Waals surface area contributed by atoms with Gasteiger partial charge >= 0.3 is 0 Å². The molecule has 3 aromatic rings. The van der Waals surface area contributed by atoms with Gasteiger partial charge < -0.3 is 19.2 Å².